The summed E-state index contributed by atoms with van der Waals surface area (Å²) in [6, 6.07) is 16.2. The van der Waals surface area contributed by atoms with Crippen LogP contribution in [0, 0.1) is 6.92 Å². The predicted octanol–water partition coefficient (Wildman–Crippen LogP) is 3.15. The molecule has 0 atom stereocenters. The zero-order valence-electron chi connectivity index (χ0n) is 28.1. The van der Waals surface area contributed by atoms with Crippen molar-refractivity contribution >= 4 is 34.5 Å². The molecule has 4 aromatic rings. The molecule has 1 aliphatic heterocycles. The SMILES string of the molecule is CCCCOc1nc(N)c2[nH]c(=O)n(CCCN(Cc3ccc(CC(=O)OC)cc3)C(=O)CN3CCN(c4ccccc4C)CC3)c2n1. The number of piperazine rings is 1. The summed E-state index contributed by atoms with van der Waals surface area (Å²) >= 11 is 0. The number of anilines is 2. The maximum Gasteiger partial charge on any atom is 0.327 e. The molecule has 2 aromatic heterocycles. The van der Waals surface area contributed by atoms with Crippen LogP contribution in [0.5, 0.6) is 6.01 Å². The molecule has 1 amide bonds. The maximum absolute atomic E-state index is 13.8. The first-order chi connectivity index (χ1) is 23.2. The fourth-order valence-electron chi connectivity index (χ4n) is 5.90. The van der Waals surface area contributed by atoms with Gasteiger partial charge in [-0.2, -0.15) is 9.97 Å². The number of hydrogen-bond donors (Lipinski definition) is 2. The number of imidazole rings is 1. The second-order valence-electron chi connectivity index (χ2n) is 12.2. The molecule has 48 heavy (non-hydrogen) atoms. The minimum atomic E-state index is -0.345. The second kappa shape index (κ2) is 16.3. The Morgan fingerprint density at radius 2 is 1.73 bits per heavy atom. The Hall–Kier alpha value is -4.91. The zero-order chi connectivity index (χ0) is 34.0. The van der Waals surface area contributed by atoms with E-state index in [1.807, 2.05) is 35.2 Å². The summed E-state index contributed by atoms with van der Waals surface area (Å²) in [4.78, 5) is 56.3. The summed E-state index contributed by atoms with van der Waals surface area (Å²) in [7, 11) is 1.37. The summed E-state index contributed by atoms with van der Waals surface area (Å²) in [6.45, 7) is 9.34. The van der Waals surface area contributed by atoms with Crippen LogP contribution in [-0.4, -0.2) is 94.2 Å². The Morgan fingerprint density at radius 3 is 2.44 bits per heavy atom. The van der Waals surface area contributed by atoms with Crippen molar-refractivity contribution in [3.05, 3.63) is 75.7 Å². The second-order valence-corrected chi connectivity index (χ2v) is 12.2. The van der Waals surface area contributed by atoms with Gasteiger partial charge in [-0.1, -0.05) is 55.8 Å². The topological polar surface area (TPSA) is 152 Å². The third kappa shape index (κ3) is 8.71. The number of para-hydroxylation sites is 1. The molecule has 1 aliphatic rings. The fraction of sp³-hybridized carbons (Fsp3) is 0.457. The molecule has 13 nitrogen and oxygen atoms in total. The van der Waals surface area contributed by atoms with Gasteiger partial charge in [0.2, 0.25) is 5.91 Å². The number of nitrogens with two attached hydrogens (primary N) is 1. The molecule has 2 aromatic carbocycles. The first kappa shape index (κ1) is 34.4. The van der Waals surface area contributed by atoms with E-state index in [-0.39, 0.29) is 35.8 Å². The molecule has 0 spiro atoms. The number of aromatic amines is 1. The van der Waals surface area contributed by atoms with Crippen molar-refractivity contribution in [2.24, 2.45) is 0 Å². The van der Waals surface area contributed by atoms with Gasteiger partial charge in [0.25, 0.3) is 0 Å². The van der Waals surface area contributed by atoms with E-state index in [2.05, 4.69) is 56.8 Å². The maximum atomic E-state index is 13.8. The highest BCUT2D eigenvalue weighted by molar-refractivity contribution is 5.82. The van der Waals surface area contributed by atoms with E-state index in [0.717, 1.165) is 50.1 Å². The Labute approximate surface area is 280 Å². The summed E-state index contributed by atoms with van der Waals surface area (Å²) in [5, 5.41) is 0. The van der Waals surface area contributed by atoms with Gasteiger partial charge in [0.15, 0.2) is 11.5 Å². The zero-order valence-corrected chi connectivity index (χ0v) is 28.1. The number of fused-ring (bicyclic) bond motifs is 1. The largest absolute Gasteiger partial charge is 0.469 e. The Bertz CT molecular complexity index is 1740. The number of nitrogens with zero attached hydrogens (tertiary/aromatic N) is 6. The lowest BCUT2D eigenvalue weighted by Gasteiger charge is -2.37. The molecular formula is C35H46N8O5. The van der Waals surface area contributed by atoms with Gasteiger partial charge in [-0.3, -0.25) is 19.1 Å². The van der Waals surface area contributed by atoms with Crippen LogP contribution in [0.15, 0.2) is 53.3 Å². The van der Waals surface area contributed by atoms with Crippen LogP contribution < -0.4 is 21.1 Å². The van der Waals surface area contributed by atoms with Crippen LogP contribution in [0.3, 0.4) is 0 Å². The van der Waals surface area contributed by atoms with Crippen molar-refractivity contribution in [3.63, 3.8) is 0 Å². The van der Waals surface area contributed by atoms with Gasteiger partial charge in [0.05, 0.1) is 26.7 Å². The van der Waals surface area contributed by atoms with Crippen molar-refractivity contribution in [1.82, 2.24) is 29.3 Å². The lowest BCUT2D eigenvalue weighted by Crippen LogP contribution is -2.50. The number of esters is 1. The van der Waals surface area contributed by atoms with Gasteiger partial charge in [0, 0.05) is 51.5 Å². The van der Waals surface area contributed by atoms with E-state index < -0.39 is 0 Å². The number of benzene rings is 2. The monoisotopic (exact) mass is 658 g/mol. The van der Waals surface area contributed by atoms with E-state index >= 15 is 0 Å². The van der Waals surface area contributed by atoms with Gasteiger partial charge in [-0.05, 0) is 42.5 Å². The lowest BCUT2D eigenvalue weighted by molar-refractivity contribution is -0.139. The number of carbonyl (C=O) groups is 2. The molecule has 0 unspecified atom stereocenters. The number of nitrogens with one attached hydrogen (secondary N) is 1. The molecular weight excluding hydrogens is 612 g/mol. The molecule has 256 valence electrons. The van der Waals surface area contributed by atoms with Crippen molar-refractivity contribution in [1.29, 1.82) is 0 Å². The number of unbranched alkanes of at least 4 members (excludes halogenated alkanes) is 1. The van der Waals surface area contributed by atoms with Crippen molar-refractivity contribution < 1.29 is 19.1 Å². The van der Waals surface area contributed by atoms with Crippen LogP contribution in [-0.2, 0) is 33.8 Å². The number of rotatable bonds is 15. The van der Waals surface area contributed by atoms with E-state index in [0.29, 0.717) is 50.4 Å². The highest BCUT2D eigenvalue weighted by Gasteiger charge is 2.23. The number of ether oxygens (including phenoxy) is 2. The van der Waals surface area contributed by atoms with Gasteiger partial charge in [-0.25, -0.2) is 4.79 Å². The minimum Gasteiger partial charge on any atom is -0.469 e. The molecule has 0 saturated carbocycles. The number of amides is 1. The van der Waals surface area contributed by atoms with Crippen molar-refractivity contribution in [2.45, 2.75) is 52.6 Å². The molecule has 0 bridgehead atoms. The van der Waals surface area contributed by atoms with E-state index in [4.69, 9.17) is 15.2 Å². The van der Waals surface area contributed by atoms with Gasteiger partial charge >= 0.3 is 17.7 Å². The number of carbonyl (C=O) groups excluding carboxylic acids is 2. The number of H-pyrrole nitrogens is 1. The minimum absolute atomic E-state index is 0.0161. The van der Waals surface area contributed by atoms with Crippen molar-refractivity contribution in [2.75, 3.05) is 63.6 Å². The molecule has 0 radical (unpaired) electrons. The average Bonchev–Trinajstić information content (AvgIpc) is 3.40. The third-order valence-corrected chi connectivity index (χ3v) is 8.68. The van der Waals surface area contributed by atoms with Crippen LogP contribution in [0.1, 0.15) is 42.9 Å². The van der Waals surface area contributed by atoms with Crippen LogP contribution in [0.4, 0.5) is 11.5 Å². The van der Waals surface area contributed by atoms with Gasteiger partial charge < -0.3 is 30.0 Å². The summed E-state index contributed by atoms with van der Waals surface area (Å²) in [5.74, 6) is -0.138. The van der Waals surface area contributed by atoms with Crippen molar-refractivity contribution in [3.8, 4) is 6.01 Å². The Kier molecular flexibility index (Phi) is 11.7. The molecule has 1 saturated heterocycles. The van der Waals surface area contributed by atoms with E-state index in [1.165, 1.54) is 22.9 Å². The standard InChI is InChI=1S/C35H46N8O5/c1-4-5-21-48-34-38-32(36)31-33(39-34)43(35(46)37-31)16-8-15-42(23-27-13-11-26(12-14-27)22-30(45)47-3)29(44)24-40-17-19-41(20-18-40)28-10-7-6-9-25(28)2/h6-7,9-14H,4-5,8,15-24H2,1-3H3,(H,37,46)(H2,36,38,39). The Morgan fingerprint density at radius 1 is 1.00 bits per heavy atom. The smallest absolute Gasteiger partial charge is 0.327 e. The number of methoxy groups -OCH3 is 1. The first-order valence-electron chi connectivity index (χ1n) is 16.6. The molecule has 13 heteroatoms. The number of hydrogen-bond acceptors (Lipinski definition) is 10. The van der Waals surface area contributed by atoms with E-state index in [9.17, 15) is 14.4 Å². The van der Waals surface area contributed by atoms with Gasteiger partial charge in [-0.15, -0.1) is 0 Å². The van der Waals surface area contributed by atoms with Crippen LogP contribution >= 0.6 is 0 Å². The Balaban J connectivity index is 1.27. The normalized spacial score (nSPS) is 13.5. The first-order valence-corrected chi connectivity index (χ1v) is 16.6. The number of aromatic nitrogens is 4. The molecule has 1 fully saturated rings. The number of nitrogen functional groups attached to an aromatic ring is 1. The fourth-order valence-corrected chi connectivity index (χ4v) is 5.90. The molecule has 3 N–H and O–H groups in total. The predicted molar refractivity (Wildman–Crippen MR) is 185 cm³/mol. The van der Waals surface area contributed by atoms with Crippen LogP contribution in [0.25, 0.3) is 11.2 Å². The van der Waals surface area contributed by atoms with E-state index in [1.54, 1.807) is 0 Å². The lowest BCUT2D eigenvalue weighted by atomic mass is 10.1. The average molecular weight is 659 g/mol. The summed E-state index contributed by atoms with van der Waals surface area (Å²) in [6.07, 6.45) is 2.51. The summed E-state index contributed by atoms with van der Waals surface area (Å²) < 4.78 is 12.0. The third-order valence-electron chi connectivity index (χ3n) is 8.68. The number of aryl methyl sites for hydroxylation is 2. The summed E-state index contributed by atoms with van der Waals surface area (Å²) in [5.41, 5.74) is 10.8. The highest BCUT2D eigenvalue weighted by atomic mass is 16.5. The quantitative estimate of drug-likeness (QED) is 0.144. The highest BCUT2D eigenvalue weighted by Crippen LogP contribution is 2.21. The van der Waals surface area contributed by atoms with Gasteiger partial charge in [0.1, 0.15) is 5.52 Å². The van der Waals surface area contributed by atoms with Crippen LogP contribution in [0.2, 0.25) is 0 Å². The molecule has 5 rings (SSSR count). The molecule has 0 aliphatic carbocycles. The molecule has 3 heterocycles.